The summed E-state index contributed by atoms with van der Waals surface area (Å²) in [6.45, 7) is 2.81. The lowest BCUT2D eigenvalue weighted by Crippen LogP contribution is -2.36. The van der Waals surface area contributed by atoms with E-state index in [2.05, 4.69) is 17.0 Å². The molecule has 0 spiro atoms. The molecule has 0 fully saturated rings. The normalized spacial score (nSPS) is 13.7. The van der Waals surface area contributed by atoms with Crippen LogP contribution >= 0.6 is 11.6 Å². The molecule has 0 aliphatic carbocycles. The minimum atomic E-state index is 0.0722. The topological polar surface area (TPSA) is 49.0 Å². The molecule has 0 N–H and O–H groups in total. The average Bonchev–Trinajstić information content (AvgIpc) is 2.72. The van der Waals surface area contributed by atoms with Gasteiger partial charge in [-0.1, -0.05) is 35.9 Å². The number of aromatic nitrogens is 1. The summed E-state index contributed by atoms with van der Waals surface area (Å²) in [6.07, 6.45) is 2.76. The Labute approximate surface area is 169 Å². The van der Waals surface area contributed by atoms with Crippen LogP contribution < -0.4 is 5.56 Å². The maximum atomic E-state index is 13.1. The molecular formula is C23H20ClN3O. The molecule has 3 aromatic rings. The molecular weight excluding hydrogens is 370 g/mol. The molecule has 140 valence electrons. The molecule has 1 aliphatic heterocycles. The van der Waals surface area contributed by atoms with E-state index in [-0.39, 0.29) is 5.56 Å². The molecule has 1 aliphatic rings. The number of halogens is 1. The van der Waals surface area contributed by atoms with Gasteiger partial charge in [0.1, 0.15) is 0 Å². The summed E-state index contributed by atoms with van der Waals surface area (Å²) >= 11 is 5.95. The summed E-state index contributed by atoms with van der Waals surface area (Å²) in [7, 11) is 0. The molecule has 2 heterocycles. The predicted molar refractivity (Wildman–Crippen MR) is 110 cm³/mol. The lowest BCUT2D eigenvalue weighted by atomic mass is 10.0. The first kappa shape index (κ1) is 18.5. The number of fused-ring (bicyclic) bond motifs is 1. The van der Waals surface area contributed by atoms with Crippen molar-refractivity contribution in [2.24, 2.45) is 0 Å². The third-order valence-corrected chi connectivity index (χ3v) is 5.42. The molecule has 0 amide bonds. The van der Waals surface area contributed by atoms with Crippen LogP contribution in [0.1, 0.15) is 27.8 Å². The van der Waals surface area contributed by atoms with E-state index in [0.29, 0.717) is 23.7 Å². The number of rotatable bonds is 4. The Balaban J connectivity index is 1.54. The number of pyridine rings is 1. The minimum Gasteiger partial charge on any atom is -0.311 e. The van der Waals surface area contributed by atoms with E-state index in [1.165, 1.54) is 0 Å². The van der Waals surface area contributed by atoms with Gasteiger partial charge in [0.25, 0.3) is 5.56 Å². The van der Waals surface area contributed by atoms with Gasteiger partial charge in [0.05, 0.1) is 18.2 Å². The number of hydrogen-bond acceptors (Lipinski definition) is 3. The number of benzene rings is 2. The third-order valence-electron chi connectivity index (χ3n) is 5.17. The summed E-state index contributed by atoms with van der Waals surface area (Å²) in [5.74, 6) is 0. The van der Waals surface area contributed by atoms with Gasteiger partial charge < -0.3 is 4.57 Å². The Hall–Kier alpha value is -2.87. The van der Waals surface area contributed by atoms with Crippen molar-refractivity contribution in [2.45, 2.75) is 26.1 Å². The molecule has 0 saturated carbocycles. The molecule has 0 unspecified atom stereocenters. The highest BCUT2D eigenvalue weighted by molar-refractivity contribution is 6.30. The Morgan fingerprint density at radius 3 is 2.64 bits per heavy atom. The second-order valence-electron chi connectivity index (χ2n) is 7.15. The largest absolute Gasteiger partial charge is 0.311 e. The van der Waals surface area contributed by atoms with Crippen LogP contribution in [0.5, 0.6) is 0 Å². The molecule has 0 bridgehead atoms. The van der Waals surface area contributed by atoms with Crippen molar-refractivity contribution in [2.75, 3.05) is 6.54 Å². The van der Waals surface area contributed by atoms with Crippen molar-refractivity contribution in [3.05, 3.63) is 104 Å². The van der Waals surface area contributed by atoms with Gasteiger partial charge in [-0.3, -0.25) is 9.69 Å². The van der Waals surface area contributed by atoms with E-state index in [9.17, 15) is 4.79 Å². The molecule has 0 atom stereocenters. The maximum Gasteiger partial charge on any atom is 0.255 e. The fourth-order valence-corrected chi connectivity index (χ4v) is 3.81. The van der Waals surface area contributed by atoms with Crippen LogP contribution in [0.15, 0.2) is 65.6 Å². The van der Waals surface area contributed by atoms with E-state index in [0.717, 1.165) is 41.8 Å². The van der Waals surface area contributed by atoms with Crippen molar-refractivity contribution in [3.8, 4) is 6.07 Å². The third kappa shape index (κ3) is 4.01. The molecule has 2 aromatic carbocycles. The van der Waals surface area contributed by atoms with Gasteiger partial charge in [-0.2, -0.15) is 5.26 Å². The molecule has 4 rings (SSSR count). The Morgan fingerprint density at radius 2 is 1.86 bits per heavy atom. The van der Waals surface area contributed by atoms with Crippen LogP contribution in [0, 0.1) is 11.3 Å². The van der Waals surface area contributed by atoms with Crippen LogP contribution in [0.4, 0.5) is 0 Å². The Morgan fingerprint density at radius 1 is 1.04 bits per heavy atom. The quantitative estimate of drug-likeness (QED) is 0.678. The van der Waals surface area contributed by atoms with Crippen molar-refractivity contribution in [1.29, 1.82) is 5.26 Å². The van der Waals surface area contributed by atoms with E-state index >= 15 is 0 Å². The highest BCUT2D eigenvalue weighted by Gasteiger charge is 2.20. The first-order valence-corrected chi connectivity index (χ1v) is 9.67. The maximum absolute atomic E-state index is 13.1. The van der Waals surface area contributed by atoms with E-state index < -0.39 is 0 Å². The summed E-state index contributed by atoms with van der Waals surface area (Å²) < 4.78 is 1.77. The van der Waals surface area contributed by atoms with Crippen LogP contribution in [0.3, 0.4) is 0 Å². The number of nitrogens with zero attached hydrogens (tertiary/aromatic N) is 3. The molecule has 0 saturated heterocycles. The predicted octanol–water partition coefficient (Wildman–Crippen LogP) is 3.98. The molecule has 28 heavy (non-hydrogen) atoms. The van der Waals surface area contributed by atoms with E-state index in [1.54, 1.807) is 4.57 Å². The SMILES string of the molecule is N#Cc1cccc(CN2CCc3ccn(Cc4ccc(Cl)cc4)c(=O)c3C2)c1. The van der Waals surface area contributed by atoms with Crippen LogP contribution in [0.2, 0.25) is 5.02 Å². The lowest BCUT2D eigenvalue weighted by Gasteiger charge is -2.28. The van der Waals surface area contributed by atoms with Gasteiger partial charge >= 0.3 is 0 Å². The van der Waals surface area contributed by atoms with Crippen molar-refractivity contribution >= 4 is 11.6 Å². The second-order valence-corrected chi connectivity index (χ2v) is 7.59. The monoisotopic (exact) mass is 389 g/mol. The zero-order valence-electron chi connectivity index (χ0n) is 15.4. The van der Waals surface area contributed by atoms with Gasteiger partial charge in [-0.25, -0.2) is 0 Å². The minimum absolute atomic E-state index is 0.0722. The smallest absolute Gasteiger partial charge is 0.255 e. The average molecular weight is 390 g/mol. The summed E-state index contributed by atoms with van der Waals surface area (Å²) in [4.78, 5) is 15.3. The Bertz CT molecular complexity index is 1100. The van der Waals surface area contributed by atoms with Crippen molar-refractivity contribution in [3.63, 3.8) is 0 Å². The molecule has 4 nitrogen and oxygen atoms in total. The van der Waals surface area contributed by atoms with Crippen LogP contribution in [0.25, 0.3) is 0 Å². The van der Waals surface area contributed by atoms with Gasteiger partial charge in [0.15, 0.2) is 0 Å². The van der Waals surface area contributed by atoms with Gasteiger partial charge in [-0.15, -0.1) is 0 Å². The number of nitriles is 1. The van der Waals surface area contributed by atoms with E-state index in [1.807, 2.05) is 54.7 Å². The highest BCUT2D eigenvalue weighted by Crippen LogP contribution is 2.19. The molecule has 1 aromatic heterocycles. The summed E-state index contributed by atoms with van der Waals surface area (Å²) in [5.41, 5.74) is 4.90. The van der Waals surface area contributed by atoms with Gasteiger partial charge in [-0.05, 0) is 53.4 Å². The van der Waals surface area contributed by atoms with Gasteiger partial charge in [0, 0.05) is 36.4 Å². The van der Waals surface area contributed by atoms with Gasteiger partial charge in [0.2, 0.25) is 0 Å². The van der Waals surface area contributed by atoms with E-state index in [4.69, 9.17) is 16.9 Å². The first-order chi connectivity index (χ1) is 13.6. The Kier molecular flexibility index (Phi) is 5.29. The second kappa shape index (κ2) is 8.02. The fraction of sp³-hybridized carbons (Fsp3) is 0.217. The van der Waals surface area contributed by atoms with Crippen LogP contribution in [-0.4, -0.2) is 16.0 Å². The lowest BCUT2D eigenvalue weighted by molar-refractivity contribution is 0.243. The standard InChI is InChI=1S/C23H20ClN3O/c24-21-6-4-17(5-7-21)15-27-11-9-20-8-10-26(16-22(20)23(27)28)14-19-3-1-2-18(12-19)13-25/h1-7,9,11-12H,8,10,14-16H2. The van der Waals surface area contributed by atoms with Crippen molar-refractivity contribution in [1.82, 2.24) is 9.47 Å². The van der Waals surface area contributed by atoms with Crippen molar-refractivity contribution < 1.29 is 0 Å². The first-order valence-electron chi connectivity index (χ1n) is 9.29. The highest BCUT2D eigenvalue weighted by atomic mass is 35.5. The van der Waals surface area contributed by atoms with Crippen LogP contribution in [-0.2, 0) is 26.1 Å². The summed E-state index contributed by atoms with van der Waals surface area (Å²) in [6, 6.07) is 19.5. The zero-order valence-corrected chi connectivity index (χ0v) is 16.2. The fourth-order valence-electron chi connectivity index (χ4n) is 3.69. The molecule has 5 heteroatoms. The number of hydrogen-bond donors (Lipinski definition) is 0. The molecule has 0 radical (unpaired) electrons. The zero-order chi connectivity index (χ0) is 19.5. The summed E-state index contributed by atoms with van der Waals surface area (Å²) in [5, 5.41) is 9.78.